The largest absolute Gasteiger partial charge is 1.00 e. The van der Waals surface area contributed by atoms with Gasteiger partial charge in [-0.2, -0.15) is 10.2 Å². The first-order valence-corrected chi connectivity index (χ1v) is 13.6. The normalized spacial score (nSPS) is 14.4. The third-order valence-electron chi connectivity index (χ3n) is 4.49. The molecule has 3 aliphatic carbocycles. The molecule has 0 atom stereocenters. The fraction of sp³-hybridized carbons (Fsp3) is 0.458. The van der Waals surface area contributed by atoms with Gasteiger partial charge in [-0.05, 0) is 76.6 Å². The van der Waals surface area contributed by atoms with E-state index in [4.69, 9.17) is 33.9 Å². The van der Waals surface area contributed by atoms with Crippen LogP contribution in [0.1, 0.15) is 61.8 Å². The van der Waals surface area contributed by atoms with Crippen molar-refractivity contribution in [2.24, 2.45) is 0 Å². The molecule has 3 saturated carbocycles. The standard InChI is InChI=1S/C8H8N2O2.C8H10N2O.C5H5ClN2.C3H6O.Na.O2Se.H/c11-5-6-1-4-8(10-9-6)12-7-2-3-7;1-6-2-5-8(10-9-6)11-7-3-4-7;1-4-2-3-5(6)8-7-4;4-3-1-2-3;;1-3-2;/h1,4-5,7H,2-3H2;2,5,7H,3-4H2,1H3;2-3H,1H3;3-4H,1-2H2;;;/q;;;;+1;;-1. The summed E-state index contributed by atoms with van der Waals surface area (Å²) in [5.41, 5.74) is 2.14. The number of nitrogens with zero attached hydrogens (tertiary/aromatic N) is 6. The van der Waals surface area contributed by atoms with E-state index in [1.165, 1.54) is 0 Å². The van der Waals surface area contributed by atoms with Crippen molar-refractivity contribution in [3.8, 4) is 11.8 Å². The van der Waals surface area contributed by atoms with Crippen molar-refractivity contribution in [2.45, 2.75) is 70.7 Å². The number of carbonyl (C=O) groups excluding carboxylic acids is 1. The molecule has 0 amide bonds. The van der Waals surface area contributed by atoms with Crippen LogP contribution in [0.5, 0.6) is 11.8 Å². The predicted octanol–water partition coefficient (Wildman–Crippen LogP) is 0.234. The number of aromatic nitrogens is 6. The minimum atomic E-state index is -1.62. The van der Waals surface area contributed by atoms with Crippen LogP contribution in [0.25, 0.3) is 0 Å². The van der Waals surface area contributed by atoms with Crippen LogP contribution in [-0.4, -0.2) is 75.1 Å². The van der Waals surface area contributed by atoms with E-state index >= 15 is 0 Å². The molecule has 1 N–H and O–H groups in total. The zero-order valence-corrected chi connectivity index (χ0v) is 26.4. The smallest absolute Gasteiger partial charge is 1.00 e. The Balaban J connectivity index is 0.000000504. The molecular weight excluding hydrogens is 606 g/mol. The van der Waals surface area contributed by atoms with Crippen molar-refractivity contribution >= 4 is 32.7 Å². The Bertz CT molecular complexity index is 1120. The van der Waals surface area contributed by atoms with Gasteiger partial charge >= 0.3 is 52.0 Å². The van der Waals surface area contributed by atoms with Gasteiger partial charge in [-0.25, -0.2) is 0 Å². The van der Waals surface area contributed by atoms with Gasteiger partial charge in [0.15, 0.2) is 11.4 Å². The van der Waals surface area contributed by atoms with Crippen LogP contribution in [0.3, 0.4) is 0 Å². The maximum absolute atomic E-state index is 10.2. The Morgan fingerprint density at radius 2 is 1.23 bits per heavy atom. The Kier molecular flexibility index (Phi) is 17.8. The van der Waals surface area contributed by atoms with Crippen molar-refractivity contribution in [3.05, 3.63) is 58.6 Å². The summed E-state index contributed by atoms with van der Waals surface area (Å²) in [5.74, 6) is 1.15. The number of aldehydes is 1. The van der Waals surface area contributed by atoms with E-state index in [0.29, 0.717) is 41.1 Å². The van der Waals surface area contributed by atoms with E-state index in [2.05, 4.69) is 30.6 Å². The summed E-state index contributed by atoms with van der Waals surface area (Å²) in [6.45, 7) is 3.78. The summed E-state index contributed by atoms with van der Waals surface area (Å²) in [6, 6.07) is 10.6. The molecule has 3 aromatic rings. The zero-order chi connectivity index (χ0) is 27.8. The Labute approximate surface area is 261 Å². The molecule has 0 bridgehead atoms. The predicted molar refractivity (Wildman–Crippen MR) is 137 cm³/mol. The number of aliphatic hydroxyl groups excluding tert-OH is 1. The Morgan fingerprint density at radius 3 is 1.51 bits per heavy atom. The number of carbonyl (C=O) groups is 1. The minimum absolute atomic E-state index is 0. The molecule has 6 rings (SSSR count). The number of aryl methyl sites for hydroxylation is 2. The van der Waals surface area contributed by atoms with E-state index in [1.807, 2.05) is 32.0 Å². The fourth-order valence-corrected chi connectivity index (χ4v) is 2.18. The molecule has 3 aromatic heterocycles. The van der Waals surface area contributed by atoms with Crippen LogP contribution in [0.2, 0.25) is 5.15 Å². The second-order valence-electron chi connectivity index (χ2n) is 8.36. The number of ether oxygens (including phenoxy) is 2. The zero-order valence-electron chi connectivity index (χ0n) is 23.0. The molecule has 3 aliphatic rings. The third kappa shape index (κ3) is 18.7. The van der Waals surface area contributed by atoms with E-state index in [-0.39, 0.29) is 37.1 Å². The van der Waals surface area contributed by atoms with E-state index in [9.17, 15) is 4.79 Å². The van der Waals surface area contributed by atoms with Crippen LogP contribution in [0, 0.1) is 13.8 Å². The minimum Gasteiger partial charge on any atom is -1.00 e. The van der Waals surface area contributed by atoms with Gasteiger partial charge < -0.3 is 16.0 Å². The number of hydrogen-bond acceptors (Lipinski definition) is 12. The Hall–Kier alpha value is -2.12. The molecule has 0 unspecified atom stereocenters. The maximum Gasteiger partial charge on any atom is 1.00 e. The SMILES string of the molecule is Cc1ccc(Cl)nn1.Cc1ccc(OC2CC2)nn1.O=Cc1ccc(OC2CC2)nn1.O=[Se]=O.OC1CC1.[H-].[Na+]. The van der Waals surface area contributed by atoms with Crippen molar-refractivity contribution in [1.82, 2.24) is 30.6 Å². The van der Waals surface area contributed by atoms with Gasteiger partial charge in [0.2, 0.25) is 11.8 Å². The van der Waals surface area contributed by atoms with E-state index in [0.717, 1.165) is 49.9 Å². The van der Waals surface area contributed by atoms with Crippen LogP contribution in [0.4, 0.5) is 0 Å². The first kappa shape index (κ1) is 34.9. The summed E-state index contributed by atoms with van der Waals surface area (Å²) in [4.78, 5) is 10.2. The van der Waals surface area contributed by atoms with Crippen LogP contribution in [0.15, 0.2) is 36.4 Å². The molecule has 0 spiro atoms. The second-order valence-corrected chi connectivity index (χ2v) is 9.03. The topological polar surface area (TPSA) is 167 Å². The molecule has 0 aliphatic heterocycles. The average Bonchev–Trinajstić information content (AvgIpc) is 3.76. The fourth-order valence-electron chi connectivity index (χ4n) is 2.08. The molecule has 0 aromatic carbocycles. The molecule has 15 heteroatoms. The number of hydrogen-bond donors (Lipinski definition) is 1. The summed E-state index contributed by atoms with van der Waals surface area (Å²) < 4.78 is 27.6. The summed E-state index contributed by atoms with van der Waals surface area (Å²) in [5, 5.41) is 31.0. The average molecular weight is 636 g/mol. The van der Waals surface area contributed by atoms with Gasteiger partial charge in [0.1, 0.15) is 17.9 Å². The first-order valence-electron chi connectivity index (χ1n) is 11.8. The summed E-state index contributed by atoms with van der Waals surface area (Å²) in [6.07, 6.45) is 8.07. The van der Waals surface area contributed by atoms with Crippen molar-refractivity contribution in [2.75, 3.05) is 0 Å². The van der Waals surface area contributed by atoms with Gasteiger partial charge in [-0.1, -0.05) is 11.6 Å². The van der Waals surface area contributed by atoms with Gasteiger partial charge in [-0.3, -0.25) is 4.79 Å². The van der Waals surface area contributed by atoms with Crippen LogP contribution < -0.4 is 39.0 Å². The molecule has 39 heavy (non-hydrogen) atoms. The van der Waals surface area contributed by atoms with Gasteiger partial charge in [-0.15, -0.1) is 20.4 Å². The third-order valence-corrected chi connectivity index (χ3v) is 4.69. The van der Waals surface area contributed by atoms with Crippen LogP contribution in [-0.2, 0) is 7.67 Å². The van der Waals surface area contributed by atoms with Gasteiger partial charge in [0.25, 0.3) is 0 Å². The molecule has 12 nitrogen and oxygen atoms in total. The second kappa shape index (κ2) is 19.9. The summed E-state index contributed by atoms with van der Waals surface area (Å²) in [7, 11) is 0. The molecule has 206 valence electrons. The maximum atomic E-state index is 10.2. The van der Waals surface area contributed by atoms with Gasteiger partial charge in [0, 0.05) is 12.1 Å². The Morgan fingerprint density at radius 1 is 0.795 bits per heavy atom. The number of halogens is 1. The van der Waals surface area contributed by atoms with Gasteiger partial charge in [0.05, 0.1) is 17.5 Å². The van der Waals surface area contributed by atoms with Crippen molar-refractivity contribution < 1.29 is 58.0 Å². The van der Waals surface area contributed by atoms with E-state index < -0.39 is 14.8 Å². The number of aliphatic hydroxyl groups is 1. The first-order chi connectivity index (χ1) is 18.3. The van der Waals surface area contributed by atoms with Crippen LogP contribution >= 0.6 is 11.6 Å². The van der Waals surface area contributed by atoms with Crippen molar-refractivity contribution in [3.63, 3.8) is 0 Å². The molecule has 3 heterocycles. The molecular formula is C24H30ClN6NaO6Se. The monoisotopic (exact) mass is 636 g/mol. The van der Waals surface area contributed by atoms with Crippen molar-refractivity contribution in [1.29, 1.82) is 0 Å². The quantitative estimate of drug-likeness (QED) is 0.300. The molecule has 0 saturated heterocycles. The number of rotatable bonds is 5. The molecule has 0 radical (unpaired) electrons. The molecule has 3 fully saturated rings. The summed E-state index contributed by atoms with van der Waals surface area (Å²) >= 11 is 3.81. The van der Waals surface area contributed by atoms with E-state index in [1.54, 1.807) is 18.2 Å².